The number of hydrogen-bond acceptors (Lipinski definition) is 5. The number of carbonyl (C=O) groups is 2. The summed E-state index contributed by atoms with van der Waals surface area (Å²) in [7, 11) is 0. The highest BCUT2D eigenvalue weighted by Gasteiger charge is 2.30. The molecule has 3 N–H and O–H groups in total. The van der Waals surface area contributed by atoms with Gasteiger partial charge in [-0.05, 0) is 39.2 Å². The number of aryl methyl sites for hydroxylation is 1. The average Bonchev–Trinajstić information content (AvgIpc) is 3.19. The first-order valence-corrected chi connectivity index (χ1v) is 8.95. The molecule has 1 saturated carbocycles. The van der Waals surface area contributed by atoms with Crippen LogP contribution in [0.15, 0.2) is 6.20 Å². The Morgan fingerprint density at radius 1 is 1.35 bits per heavy atom. The standard InChI is InChI=1S/C18H25N5O3/c1-10-16(12(3)25)11(2)19-17(10)18(26)20-14-6-4-5-7-15(14)23-8-13(9-24)21-22-23/h8,14-15,19,24H,4-7,9H2,1-3H3,(H,20,26)/t14-,15+/m0/s1. The van der Waals surface area contributed by atoms with Crippen LogP contribution >= 0.6 is 0 Å². The van der Waals surface area contributed by atoms with Gasteiger partial charge in [0, 0.05) is 11.3 Å². The summed E-state index contributed by atoms with van der Waals surface area (Å²) in [5.41, 5.74) is 2.93. The fourth-order valence-electron chi connectivity index (χ4n) is 3.89. The van der Waals surface area contributed by atoms with E-state index in [0.29, 0.717) is 28.2 Å². The maximum atomic E-state index is 12.8. The lowest BCUT2D eigenvalue weighted by molar-refractivity contribution is 0.0899. The molecule has 1 fully saturated rings. The molecule has 2 atom stereocenters. The summed E-state index contributed by atoms with van der Waals surface area (Å²) in [5, 5.41) is 20.3. The van der Waals surface area contributed by atoms with E-state index in [4.69, 9.17) is 0 Å². The number of amides is 1. The molecule has 8 nitrogen and oxygen atoms in total. The monoisotopic (exact) mass is 359 g/mol. The summed E-state index contributed by atoms with van der Waals surface area (Å²) >= 11 is 0. The number of ketones is 1. The van der Waals surface area contributed by atoms with Crippen LogP contribution in [0.2, 0.25) is 0 Å². The van der Waals surface area contributed by atoms with E-state index in [0.717, 1.165) is 25.7 Å². The highest BCUT2D eigenvalue weighted by molar-refractivity contribution is 6.02. The van der Waals surface area contributed by atoms with E-state index < -0.39 is 0 Å². The molecule has 0 saturated heterocycles. The minimum absolute atomic E-state index is 0.00384. The molecule has 0 aromatic carbocycles. The SMILES string of the molecule is CC(=O)c1c(C)[nH]c(C(=O)N[C@H]2CCCC[C@H]2n2cc(CO)nn2)c1C. The third-order valence-electron chi connectivity index (χ3n) is 5.12. The average molecular weight is 359 g/mol. The third kappa shape index (κ3) is 3.41. The Bertz CT molecular complexity index is 823. The number of nitrogens with one attached hydrogen (secondary N) is 2. The van der Waals surface area contributed by atoms with Crippen molar-refractivity contribution in [3.05, 3.63) is 34.4 Å². The summed E-state index contributed by atoms with van der Waals surface area (Å²) < 4.78 is 1.74. The van der Waals surface area contributed by atoms with E-state index in [9.17, 15) is 14.7 Å². The van der Waals surface area contributed by atoms with Gasteiger partial charge in [0.1, 0.15) is 11.4 Å². The molecule has 2 heterocycles. The quantitative estimate of drug-likeness (QED) is 0.705. The maximum absolute atomic E-state index is 12.8. The molecule has 0 bridgehead atoms. The van der Waals surface area contributed by atoms with Crippen LogP contribution in [-0.4, -0.2) is 42.8 Å². The summed E-state index contributed by atoms with van der Waals surface area (Å²) in [4.78, 5) is 27.7. The Morgan fingerprint density at radius 2 is 2.08 bits per heavy atom. The summed E-state index contributed by atoms with van der Waals surface area (Å²) in [5.74, 6) is -0.262. The molecule has 3 rings (SSSR count). The Labute approximate surface area is 152 Å². The normalized spacial score (nSPS) is 20.2. The second-order valence-electron chi connectivity index (χ2n) is 6.96. The first-order chi connectivity index (χ1) is 12.4. The van der Waals surface area contributed by atoms with Crippen molar-refractivity contribution in [3.63, 3.8) is 0 Å². The molecule has 1 aliphatic rings. The number of rotatable bonds is 5. The van der Waals surface area contributed by atoms with Crippen LogP contribution in [0.5, 0.6) is 0 Å². The predicted molar refractivity (Wildman–Crippen MR) is 95.0 cm³/mol. The largest absolute Gasteiger partial charge is 0.390 e. The van der Waals surface area contributed by atoms with Gasteiger partial charge in [-0.3, -0.25) is 9.59 Å². The van der Waals surface area contributed by atoms with Crippen molar-refractivity contribution in [1.29, 1.82) is 0 Å². The van der Waals surface area contributed by atoms with Crippen LogP contribution in [0.1, 0.15) is 76.4 Å². The number of hydrogen-bond donors (Lipinski definition) is 3. The van der Waals surface area contributed by atoms with Gasteiger partial charge in [-0.25, -0.2) is 4.68 Å². The van der Waals surface area contributed by atoms with E-state index in [-0.39, 0.29) is 30.4 Å². The van der Waals surface area contributed by atoms with Gasteiger partial charge in [-0.2, -0.15) is 0 Å². The molecule has 1 aliphatic carbocycles. The van der Waals surface area contributed by atoms with Crippen molar-refractivity contribution in [3.8, 4) is 0 Å². The van der Waals surface area contributed by atoms with Gasteiger partial charge in [0.2, 0.25) is 0 Å². The van der Waals surface area contributed by atoms with Crippen LogP contribution in [0, 0.1) is 13.8 Å². The van der Waals surface area contributed by atoms with E-state index in [1.54, 1.807) is 24.7 Å². The van der Waals surface area contributed by atoms with Crippen LogP contribution in [0.3, 0.4) is 0 Å². The predicted octanol–water partition coefficient (Wildman–Crippen LogP) is 1.83. The zero-order chi connectivity index (χ0) is 18.8. The maximum Gasteiger partial charge on any atom is 0.268 e. The second-order valence-corrected chi connectivity index (χ2v) is 6.96. The summed E-state index contributed by atoms with van der Waals surface area (Å²) in [6.45, 7) is 4.94. The lowest BCUT2D eigenvalue weighted by Crippen LogP contribution is -2.43. The van der Waals surface area contributed by atoms with Crippen LogP contribution in [0.4, 0.5) is 0 Å². The Hall–Kier alpha value is -2.48. The minimum atomic E-state index is -0.211. The molecule has 0 unspecified atom stereocenters. The number of Topliss-reactive ketones (excluding diaryl/α,β-unsaturated/α-hetero) is 1. The van der Waals surface area contributed by atoms with Crippen LogP contribution < -0.4 is 5.32 Å². The van der Waals surface area contributed by atoms with E-state index >= 15 is 0 Å². The second kappa shape index (κ2) is 7.41. The van der Waals surface area contributed by atoms with Gasteiger partial charge >= 0.3 is 0 Å². The Morgan fingerprint density at radius 3 is 2.69 bits per heavy atom. The van der Waals surface area contributed by atoms with Crippen molar-refractivity contribution in [2.75, 3.05) is 0 Å². The Kier molecular flexibility index (Phi) is 5.22. The highest BCUT2D eigenvalue weighted by Crippen LogP contribution is 2.29. The van der Waals surface area contributed by atoms with Crippen LogP contribution in [0.25, 0.3) is 0 Å². The smallest absolute Gasteiger partial charge is 0.268 e. The number of aromatic amines is 1. The molecule has 26 heavy (non-hydrogen) atoms. The van der Waals surface area contributed by atoms with Gasteiger partial charge in [-0.15, -0.1) is 5.10 Å². The molecule has 140 valence electrons. The van der Waals surface area contributed by atoms with E-state index in [1.165, 1.54) is 6.92 Å². The zero-order valence-corrected chi connectivity index (χ0v) is 15.4. The van der Waals surface area contributed by atoms with Crippen molar-refractivity contribution < 1.29 is 14.7 Å². The molecule has 0 radical (unpaired) electrons. The van der Waals surface area contributed by atoms with E-state index in [1.807, 2.05) is 0 Å². The number of carbonyl (C=O) groups excluding carboxylic acids is 2. The number of H-pyrrole nitrogens is 1. The molecule has 0 aliphatic heterocycles. The fourth-order valence-corrected chi connectivity index (χ4v) is 3.89. The number of nitrogens with zero attached hydrogens (tertiary/aromatic N) is 3. The molecule has 8 heteroatoms. The summed E-state index contributed by atoms with van der Waals surface area (Å²) in [6, 6.07) is -0.0718. The fraction of sp³-hybridized carbons (Fsp3) is 0.556. The van der Waals surface area contributed by atoms with Gasteiger partial charge < -0.3 is 15.4 Å². The zero-order valence-electron chi connectivity index (χ0n) is 15.4. The van der Waals surface area contributed by atoms with Crippen LogP contribution in [-0.2, 0) is 6.61 Å². The lowest BCUT2D eigenvalue weighted by Gasteiger charge is -2.31. The molecule has 1 amide bonds. The topological polar surface area (TPSA) is 113 Å². The Balaban J connectivity index is 1.81. The van der Waals surface area contributed by atoms with Crippen molar-refractivity contribution >= 4 is 11.7 Å². The first-order valence-electron chi connectivity index (χ1n) is 8.95. The summed E-state index contributed by atoms with van der Waals surface area (Å²) in [6.07, 6.45) is 5.56. The van der Waals surface area contributed by atoms with Crippen molar-refractivity contribution in [2.24, 2.45) is 0 Å². The third-order valence-corrected chi connectivity index (χ3v) is 5.12. The molecule has 0 spiro atoms. The minimum Gasteiger partial charge on any atom is -0.390 e. The van der Waals surface area contributed by atoms with Gasteiger partial charge in [0.25, 0.3) is 5.91 Å². The molecular weight excluding hydrogens is 334 g/mol. The molecule has 2 aromatic heterocycles. The van der Waals surface area contributed by atoms with Gasteiger partial charge in [0.15, 0.2) is 5.78 Å². The first kappa shape index (κ1) is 18.3. The highest BCUT2D eigenvalue weighted by atomic mass is 16.3. The van der Waals surface area contributed by atoms with Crippen molar-refractivity contribution in [1.82, 2.24) is 25.3 Å². The molecular formula is C18H25N5O3. The number of aliphatic hydroxyl groups is 1. The van der Waals surface area contributed by atoms with Gasteiger partial charge in [-0.1, -0.05) is 18.1 Å². The van der Waals surface area contributed by atoms with Gasteiger partial charge in [0.05, 0.1) is 24.9 Å². The van der Waals surface area contributed by atoms with Crippen molar-refractivity contribution in [2.45, 2.75) is 65.1 Å². The molecule has 2 aromatic rings. The van der Waals surface area contributed by atoms with E-state index in [2.05, 4.69) is 20.6 Å². The number of aliphatic hydroxyl groups excluding tert-OH is 1. The number of aromatic nitrogens is 4. The lowest BCUT2D eigenvalue weighted by atomic mass is 9.90.